The van der Waals surface area contributed by atoms with Crippen molar-refractivity contribution in [3.05, 3.63) is 0 Å². The molecule has 0 aromatic rings. The van der Waals surface area contributed by atoms with Crippen molar-refractivity contribution < 1.29 is 4.39 Å². The van der Waals surface area contributed by atoms with Crippen LogP contribution >= 0.6 is 12.4 Å². The molecule has 0 unspecified atom stereocenters. The van der Waals surface area contributed by atoms with E-state index in [0.29, 0.717) is 12.8 Å². The Morgan fingerprint density at radius 3 is 2.12 bits per heavy atom. The average molecular weight is 140 g/mol. The predicted octanol–water partition coefficient (Wildman–Crippen LogP) is 1.26. The highest BCUT2D eigenvalue weighted by Crippen LogP contribution is 2.19. The second-order valence-corrected chi connectivity index (χ2v) is 2.17. The largest absolute Gasteiger partial charge is 0.328 e. The molecule has 0 heterocycles. The fraction of sp³-hybridized carbons (Fsp3) is 1.00. The molecule has 0 saturated heterocycles. The van der Waals surface area contributed by atoms with Crippen LogP contribution in [0.25, 0.3) is 0 Å². The highest BCUT2D eigenvalue weighted by molar-refractivity contribution is 5.85. The van der Waals surface area contributed by atoms with Crippen LogP contribution in [0.3, 0.4) is 0 Å². The molecule has 1 fully saturated rings. The quantitative estimate of drug-likeness (QED) is 0.537. The summed E-state index contributed by atoms with van der Waals surface area (Å²) in [5, 5.41) is 0. The first-order valence-electron chi connectivity index (χ1n) is 2.68. The molecule has 1 saturated carbocycles. The average Bonchev–Trinajstić information content (AvgIpc) is 1.87. The minimum atomic E-state index is -0.602. The van der Waals surface area contributed by atoms with Crippen LogP contribution < -0.4 is 5.73 Å². The van der Waals surface area contributed by atoms with E-state index in [1.54, 1.807) is 0 Å². The summed E-state index contributed by atoms with van der Waals surface area (Å²) >= 11 is 0. The molecule has 0 aromatic heterocycles. The molecule has 2 N–H and O–H groups in total. The zero-order valence-corrected chi connectivity index (χ0v) is 5.46. The topological polar surface area (TPSA) is 26.0 Å². The summed E-state index contributed by atoms with van der Waals surface area (Å²) in [6.07, 6.45) is 1.54. The molecular weight excluding hydrogens is 129 g/mol. The van der Waals surface area contributed by atoms with Crippen molar-refractivity contribution in [2.24, 2.45) is 5.73 Å². The lowest BCUT2D eigenvalue weighted by Crippen LogP contribution is -2.14. The predicted molar refractivity (Wildman–Crippen MR) is 34.0 cm³/mol. The lowest BCUT2D eigenvalue weighted by Gasteiger charge is -1.94. The van der Waals surface area contributed by atoms with Gasteiger partial charge >= 0.3 is 0 Å². The van der Waals surface area contributed by atoms with Crippen LogP contribution in [-0.2, 0) is 0 Å². The van der Waals surface area contributed by atoms with E-state index in [0.717, 1.165) is 6.42 Å². The summed E-state index contributed by atoms with van der Waals surface area (Å²) in [7, 11) is 0. The minimum absolute atomic E-state index is 0. The van der Waals surface area contributed by atoms with Gasteiger partial charge in [-0.25, -0.2) is 4.39 Å². The molecule has 1 nitrogen and oxygen atoms in total. The molecule has 1 rings (SSSR count). The van der Waals surface area contributed by atoms with Gasteiger partial charge < -0.3 is 5.73 Å². The molecule has 0 aliphatic heterocycles. The van der Waals surface area contributed by atoms with Gasteiger partial charge in [0.05, 0.1) is 0 Å². The summed E-state index contributed by atoms with van der Waals surface area (Å²) in [6, 6.07) is 0.148. The monoisotopic (exact) mass is 139 g/mol. The summed E-state index contributed by atoms with van der Waals surface area (Å²) in [5.74, 6) is 0. The third kappa shape index (κ3) is 1.97. The zero-order valence-electron chi connectivity index (χ0n) is 4.64. The maximum atomic E-state index is 12.1. The normalized spacial score (nSPS) is 36.8. The first kappa shape index (κ1) is 8.18. The molecule has 0 aromatic carbocycles. The summed E-state index contributed by atoms with van der Waals surface area (Å²) in [4.78, 5) is 0. The first-order valence-corrected chi connectivity index (χ1v) is 2.68. The van der Waals surface area contributed by atoms with Gasteiger partial charge in [0, 0.05) is 6.04 Å². The van der Waals surface area contributed by atoms with Gasteiger partial charge in [0.15, 0.2) is 0 Å². The van der Waals surface area contributed by atoms with Gasteiger partial charge in [-0.15, -0.1) is 12.4 Å². The molecule has 2 atom stereocenters. The van der Waals surface area contributed by atoms with Crippen LogP contribution in [0.15, 0.2) is 0 Å². The molecule has 8 heavy (non-hydrogen) atoms. The van der Waals surface area contributed by atoms with Crippen molar-refractivity contribution in [2.75, 3.05) is 0 Å². The number of alkyl halides is 1. The molecular formula is C5H11ClFN. The zero-order chi connectivity index (χ0) is 5.28. The van der Waals surface area contributed by atoms with Crippen LogP contribution in [0.1, 0.15) is 19.3 Å². The summed E-state index contributed by atoms with van der Waals surface area (Å²) in [6.45, 7) is 0. The molecule has 0 bridgehead atoms. The molecule has 0 spiro atoms. The van der Waals surface area contributed by atoms with Crippen LogP contribution in [-0.4, -0.2) is 12.2 Å². The summed E-state index contributed by atoms with van der Waals surface area (Å²) in [5.41, 5.74) is 5.39. The molecule has 50 valence electrons. The van der Waals surface area contributed by atoms with Crippen molar-refractivity contribution in [1.29, 1.82) is 0 Å². The van der Waals surface area contributed by atoms with Gasteiger partial charge in [0.1, 0.15) is 6.17 Å². The van der Waals surface area contributed by atoms with Crippen LogP contribution in [0.2, 0.25) is 0 Å². The number of hydrogen-bond donors (Lipinski definition) is 1. The molecule has 3 heteroatoms. The van der Waals surface area contributed by atoms with Gasteiger partial charge in [-0.3, -0.25) is 0 Å². The third-order valence-electron chi connectivity index (χ3n) is 1.41. The van der Waals surface area contributed by atoms with Crippen LogP contribution in [0, 0.1) is 0 Å². The maximum Gasteiger partial charge on any atom is 0.102 e. The van der Waals surface area contributed by atoms with Crippen LogP contribution in [0.4, 0.5) is 4.39 Å². The second-order valence-electron chi connectivity index (χ2n) is 2.17. The van der Waals surface area contributed by atoms with Crippen LogP contribution in [0.5, 0.6) is 0 Å². The number of nitrogens with two attached hydrogens (primary N) is 1. The van der Waals surface area contributed by atoms with E-state index >= 15 is 0 Å². The fourth-order valence-electron chi connectivity index (χ4n) is 0.959. The lowest BCUT2D eigenvalue weighted by molar-refractivity contribution is 0.339. The van der Waals surface area contributed by atoms with Gasteiger partial charge in [-0.1, -0.05) is 0 Å². The van der Waals surface area contributed by atoms with E-state index in [-0.39, 0.29) is 18.4 Å². The number of halogens is 2. The highest BCUT2D eigenvalue weighted by Gasteiger charge is 2.19. The van der Waals surface area contributed by atoms with E-state index in [1.807, 2.05) is 0 Å². The maximum absolute atomic E-state index is 12.1. The van der Waals surface area contributed by atoms with E-state index in [9.17, 15) is 4.39 Å². The Balaban J connectivity index is 0.000000490. The van der Waals surface area contributed by atoms with Crippen molar-refractivity contribution in [3.8, 4) is 0 Å². The minimum Gasteiger partial charge on any atom is -0.328 e. The Morgan fingerprint density at radius 1 is 1.38 bits per heavy atom. The number of rotatable bonds is 0. The lowest BCUT2D eigenvalue weighted by atomic mass is 10.3. The molecule has 0 radical (unpaired) electrons. The number of hydrogen-bond acceptors (Lipinski definition) is 1. The fourth-order valence-corrected chi connectivity index (χ4v) is 0.959. The van der Waals surface area contributed by atoms with Gasteiger partial charge in [-0.2, -0.15) is 0 Å². The first-order chi connectivity index (χ1) is 3.29. The molecule has 1 aliphatic carbocycles. The Labute approximate surface area is 54.9 Å². The van der Waals surface area contributed by atoms with Crippen molar-refractivity contribution in [2.45, 2.75) is 31.5 Å². The standard InChI is InChI=1S/C5H10FN.ClH/c6-4-1-2-5(7)3-4;/h4-5H,1-3,7H2;1H/t4-,5-;/m1./s1. The van der Waals surface area contributed by atoms with E-state index in [2.05, 4.69) is 0 Å². The Bertz CT molecular complexity index is 61.4. The van der Waals surface area contributed by atoms with E-state index < -0.39 is 6.17 Å². The Hall–Kier alpha value is 0.180. The van der Waals surface area contributed by atoms with Crippen molar-refractivity contribution in [3.63, 3.8) is 0 Å². The smallest absolute Gasteiger partial charge is 0.102 e. The molecule has 1 aliphatic rings. The van der Waals surface area contributed by atoms with E-state index in [1.165, 1.54) is 0 Å². The second kappa shape index (κ2) is 3.25. The van der Waals surface area contributed by atoms with Crippen molar-refractivity contribution >= 4 is 12.4 Å². The SMILES string of the molecule is Cl.N[C@@H]1CC[C@@H](F)C1. The summed E-state index contributed by atoms with van der Waals surface area (Å²) < 4.78 is 12.1. The van der Waals surface area contributed by atoms with Gasteiger partial charge in [-0.05, 0) is 19.3 Å². The van der Waals surface area contributed by atoms with E-state index in [4.69, 9.17) is 5.73 Å². The Kier molecular flexibility index (Phi) is 3.33. The highest BCUT2D eigenvalue weighted by atomic mass is 35.5. The van der Waals surface area contributed by atoms with Crippen molar-refractivity contribution in [1.82, 2.24) is 0 Å². The molecule has 0 amide bonds. The van der Waals surface area contributed by atoms with Gasteiger partial charge in [0.25, 0.3) is 0 Å². The Morgan fingerprint density at radius 2 is 2.00 bits per heavy atom. The third-order valence-corrected chi connectivity index (χ3v) is 1.41. The van der Waals surface area contributed by atoms with Gasteiger partial charge in [0.2, 0.25) is 0 Å².